The van der Waals surface area contributed by atoms with Gasteiger partial charge in [-0.15, -0.1) is 0 Å². The van der Waals surface area contributed by atoms with Gasteiger partial charge < -0.3 is 19.5 Å². The number of hydrogen-bond donors (Lipinski definition) is 1. The van der Waals surface area contributed by atoms with Crippen LogP contribution in [0.2, 0.25) is 0 Å². The zero-order valence-electron chi connectivity index (χ0n) is 27.8. The molecule has 3 rings (SSSR count). The predicted octanol–water partition coefficient (Wildman–Crippen LogP) is 9.92. The average molecular weight is 653 g/mol. The second-order valence-electron chi connectivity index (χ2n) is 10.8. The van der Waals surface area contributed by atoms with Crippen molar-refractivity contribution >= 4 is 20.4 Å². The van der Waals surface area contributed by atoms with E-state index in [1.165, 1.54) is 42.5 Å². The highest BCUT2D eigenvalue weighted by Gasteiger charge is 2.38. The molecule has 4 nitrogen and oxygen atoms in total. The lowest BCUT2D eigenvalue weighted by Gasteiger charge is -2.45. The summed E-state index contributed by atoms with van der Waals surface area (Å²) in [6, 6.07) is 12.4. The van der Waals surface area contributed by atoms with Crippen LogP contribution in [0.4, 0.5) is 26.3 Å². The van der Waals surface area contributed by atoms with Crippen molar-refractivity contribution in [3.05, 3.63) is 83.2 Å². The first-order valence-electron chi connectivity index (χ1n) is 14.3. The Morgan fingerprint density at radius 1 is 0.844 bits per heavy atom. The molecule has 10 heteroatoms. The minimum absolute atomic E-state index is 0. The number of alkyl halides is 5. The number of hydrogen-bond acceptors (Lipinski definition) is 4. The first-order valence-corrected chi connectivity index (χ1v) is 14.3. The summed E-state index contributed by atoms with van der Waals surface area (Å²) in [7, 11) is 1.00. The average Bonchev–Trinajstić information content (AvgIpc) is 3.00. The van der Waals surface area contributed by atoms with Gasteiger partial charge >= 0.3 is 6.18 Å². The Balaban J connectivity index is -0.000000194. The predicted molar refractivity (Wildman–Crippen MR) is 173 cm³/mol. The van der Waals surface area contributed by atoms with Gasteiger partial charge in [-0.05, 0) is 85.6 Å². The Labute approximate surface area is 267 Å². The molecule has 0 radical (unpaired) electrons. The fourth-order valence-electron chi connectivity index (χ4n) is 4.25. The third-order valence-electron chi connectivity index (χ3n) is 7.20. The lowest BCUT2D eigenvalue weighted by atomic mass is 9.60. The van der Waals surface area contributed by atoms with Gasteiger partial charge in [0.2, 0.25) is 0 Å². The van der Waals surface area contributed by atoms with Crippen LogP contribution in [0.1, 0.15) is 84.0 Å². The molecule has 1 aliphatic carbocycles. The minimum atomic E-state index is -4.19. The van der Waals surface area contributed by atoms with Crippen molar-refractivity contribution in [2.75, 3.05) is 7.11 Å². The summed E-state index contributed by atoms with van der Waals surface area (Å²) in [5.41, 5.74) is 3.39. The zero-order valence-corrected chi connectivity index (χ0v) is 27.8. The van der Waals surface area contributed by atoms with Gasteiger partial charge in [0, 0.05) is 27.1 Å². The zero-order chi connectivity index (χ0) is 36.4. The first kappa shape index (κ1) is 48.6. The van der Waals surface area contributed by atoms with Gasteiger partial charge in [-0.3, -0.25) is 0 Å². The number of carbonyl (C=O) groups excluding carboxylic acids is 3. The van der Waals surface area contributed by atoms with Gasteiger partial charge in [-0.1, -0.05) is 70.5 Å². The van der Waals surface area contributed by atoms with E-state index >= 15 is 0 Å². The largest absolute Gasteiger partial charge is 0.409 e. The van der Waals surface area contributed by atoms with Gasteiger partial charge in [0.1, 0.15) is 26.2 Å². The molecule has 2 aromatic carbocycles. The van der Waals surface area contributed by atoms with Gasteiger partial charge in [0.15, 0.2) is 0 Å². The Morgan fingerprint density at radius 3 is 1.64 bits per heavy atom. The van der Waals surface area contributed by atoms with E-state index in [1.807, 2.05) is 20.4 Å². The smallest absolute Gasteiger partial charge is 0.400 e. The van der Waals surface area contributed by atoms with E-state index in [1.54, 1.807) is 0 Å². The normalized spacial score (nSPS) is 14.8. The topological polar surface area (TPSA) is 71.4 Å². The number of benzene rings is 2. The van der Waals surface area contributed by atoms with E-state index in [4.69, 9.17) is 19.5 Å². The number of allylic oxidation sites excluding steroid dienone is 1. The van der Waals surface area contributed by atoms with Crippen molar-refractivity contribution in [3.63, 3.8) is 0 Å². The summed E-state index contributed by atoms with van der Waals surface area (Å²) < 4.78 is 72.4. The number of rotatable bonds is 7. The number of aliphatic hydroxyl groups excluding tert-OH is 1. The summed E-state index contributed by atoms with van der Waals surface area (Å²) in [5, 5.41) is 7.00. The van der Waals surface area contributed by atoms with E-state index in [0.717, 1.165) is 38.9 Å². The Bertz CT molecular complexity index is 1010. The molecule has 0 bridgehead atoms. The molecule has 0 spiro atoms. The Morgan fingerprint density at radius 2 is 1.29 bits per heavy atom. The molecule has 0 amide bonds. The minimum Gasteiger partial charge on any atom is -0.400 e. The van der Waals surface area contributed by atoms with Crippen molar-refractivity contribution in [3.8, 4) is 0 Å². The molecule has 0 atom stereocenters. The molecule has 1 aliphatic rings. The van der Waals surface area contributed by atoms with Crippen LogP contribution in [0.15, 0.2) is 55.1 Å². The molecular formula is C35H54F6O4. The summed E-state index contributed by atoms with van der Waals surface area (Å²) in [6.45, 7) is 20.3. The molecule has 0 aromatic heterocycles. The Kier molecular flexibility index (Phi) is 28.1. The summed E-state index contributed by atoms with van der Waals surface area (Å²) in [4.78, 5) is 24.0. The van der Waals surface area contributed by atoms with Gasteiger partial charge in [-0.25, -0.2) is 13.2 Å². The van der Waals surface area contributed by atoms with Crippen LogP contribution in [-0.2, 0) is 33.1 Å². The van der Waals surface area contributed by atoms with E-state index < -0.39 is 17.9 Å². The highest BCUT2D eigenvalue weighted by Crippen LogP contribution is 2.48. The number of carbonyl (C=O) groups is 3. The van der Waals surface area contributed by atoms with Crippen LogP contribution >= 0.6 is 0 Å². The molecule has 0 heterocycles. The third kappa shape index (κ3) is 22.8. The highest BCUT2D eigenvalue weighted by atomic mass is 19.4. The maximum atomic E-state index is 13.6. The molecule has 45 heavy (non-hydrogen) atoms. The van der Waals surface area contributed by atoms with E-state index in [0.29, 0.717) is 17.9 Å². The number of aryl methyl sites for hydroxylation is 3. The van der Waals surface area contributed by atoms with Crippen LogP contribution in [0.25, 0.3) is 0 Å². The maximum Gasteiger partial charge on any atom is 0.409 e. The summed E-state index contributed by atoms with van der Waals surface area (Å²) >= 11 is 0. The molecule has 2 aromatic rings. The molecule has 260 valence electrons. The van der Waals surface area contributed by atoms with Crippen LogP contribution < -0.4 is 0 Å². The Hall–Kier alpha value is -3.27. The molecule has 1 saturated carbocycles. The fourth-order valence-corrected chi connectivity index (χ4v) is 4.25. The second kappa shape index (κ2) is 26.0. The van der Waals surface area contributed by atoms with Crippen molar-refractivity contribution in [2.24, 2.45) is 17.3 Å². The lowest BCUT2D eigenvalue weighted by molar-refractivity contribution is -0.0987. The van der Waals surface area contributed by atoms with Crippen LogP contribution in [0.3, 0.4) is 0 Å². The molecule has 1 fully saturated rings. The summed E-state index contributed by atoms with van der Waals surface area (Å²) in [6.07, 6.45) is 2.22. The molecule has 1 N–H and O–H groups in total. The SMILES string of the molecule is C=CC(F)(F)F.C=O.C=O.C=O.CCC1CC(C(C)(C)CCc2cc(F)cc(C(C)(F)F)c2)C1.CCc1ccc(C)cc1.CO.[HH]. The maximum absolute atomic E-state index is 13.6. The van der Waals surface area contributed by atoms with Crippen molar-refractivity contribution in [1.29, 1.82) is 0 Å². The molecular weight excluding hydrogens is 598 g/mol. The van der Waals surface area contributed by atoms with Crippen molar-refractivity contribution < 1.29 is 47.3 Å². The highest BCUT2D eigenvalue weighted by molar-refractivity contribution is 5.28. The standard InChI is InChI=1S/C19H27F3.C9H12.C3H3F3.CH4O.3CH2O.H2/c1-5-13-8-15(9-13)18(2,3)7-6-14-10-16(19(4,21)22)12-17(20)11-14;1-3-9-6-4-8(2)5-7-9;1-2-3(4,5)6;4*1-2;/h10-13,15H,5-9H2,1-4H3;4-7H,3H2,1-2H3;2H,1H2;2H,1H3;3*1H2;1H. The van der Waals surface area contributed by atoms with Crippen LogP contribution in [0, 0.1) is 30.0 Å². The molecule has 0 aliphatic heterocycles. The van der Waals surface area contributed by atoms with Crippen molar-refractivity contribution in [1.82, 2.24) is 0 Å². The monoisotopic (exact) mass is 652 g/mol. The molecule has 0 saturated heterocycles. The molecule has 0 unspecified atom stereocenters. The fraction of sp³-hybridized carbons (Fsp3) is 0.514. The lowest BCUT2D eigenvalue weighted by Crippen LogP contribution is -2.35. The van der Waals surface area contributed by atoms with Gasteiger partial charge in [-0.2, -0.15) is 13.2 Å². The van der Waals surface area contributed by atoms with Gasteiger partial charge in [0.05, 0.1) is 0 Å². The van der Waals surface area contributed by atoms with E-state index in [9.17, 15) is 26.3 Å². The third-order valence-corrected chi connectivity index (χ3v) is 7.20. The number of aliphatic hydroxyl groups is 1. The quantitative estimate of drug-likeness (QED) is 0.239. The number of halogens is 6. The van der Waals surface area contributed by atoms with E-state index in [-0.39, 0.29) is 18.5 Å². The second-order valence-corrected chi connectivity index (χ2v) is 10.8. The first-order chi connectivity index (χ1) is 21.0. The van der Waals surface area contributed by atoms with Crippen molar-refractivity contribution in [2.45, 2.75) is 92.2 Å². The van der Waals surface area contributed by atoms with E-state index in [2.05, 4.69) is 65.5 Å². The van der Waals surface area contributed by atoms with Crippen LogP contribution in [0.5, 0.6) is 0 Å². The summed E-state index contributed by atoms with van der Waals surface area (Å²) in [5.74, 6) is -2.00. The van der Waals surface area contributed by atoms with Gasteiger partial charge in [0.25, 0.3) is 5.92 Å². The van der Waals surface area contributed by atoms with Crippen LogP contribution in [-0.4, -0.2) is 38.8 Å².